The molecule has 0 amide bonds. The molecule has 0 bridgehead atoms. The first-order chi connectivity index (χ1) is 7.90. The molecule has 0 atom stereocenters. The zero-order chi connectivity index (χ0) is 11.2. The first-order valence-electron chi connectivity index (χ1n) is 5.14. The van der Waals surface area contributed by atoms with E-state index < -0.39 is 0 Å². The van der Waals surface area contributed by atoms with Crippen LogP contribution in [0.2, 0.25) is 0 Å². The first-order valence-corrected chi connectivity index (χ1v) is 7.35. The lowest BCUT2D eigenvalue weighted by atomic mass is 10.2. The number of benzene rings is 1. The molecule has 1 heterocycles. The topological polar surface area (TPSA) is 24.9 Å². The van der Waals surface area contributed by atoms with Crippen molar-refractivity contribution in [2.75, 3.05) is 23.9 Å². The van der Waals surface area contributed by atoms with E-state index in [1.54, 1.807) is 11.3 Å². The lowest BCUT2D eigenvalue weighted by molar-refractivity contribution is 1.21. The van der Waals surface area contributed by atoms with Gasteiger partial charge in [-0.3, -0.25) is 0 Å². The smallest absolute Gasteiger partial charge is 0.183 e. The van der Waals surface area contributed by atoms with Crippen molar-refractivity contribution in [1.82, 2.24) is 4.98 Å². The van der Waals surface area contributed by atoms with Crippen molar-refractivity contribution in [3.8, 4) is 10.4 Å². The van der Waals surface area contributed by atoms with E-state index in [1.807, 2.05) is 24.0 Å². The van der Waals surface area contributed by atoms with Gasteiger partial charge in [0.05, 0.1) is 4.88 Å². The summed E-state index contributed by atoms with van der Waals surface area (Å²) in [5.74, 6) is 1.11. The second kappa shape index (κ2) is 5.92. The van der Waals surface area contributed by atoms with Gasteiger partial charge < -0.3 is 5.32 Å². The molecule has 16 heavy (non-hydrogen) atoms. The second-order valence-electron chi connectivity index (χ2n) is 3.32. The molecule has 2 aromatic rings. The maximum atomic E-state index is 4.36. The third kappa shape index (κ3) is 3.00. The average Bonchev–Trinajstić information content (AvgIpc) is 2.79. The fraction of sp³-hybridized carbons (Fsp3) is 0.250. The summed E-state index contributed by atoms with van der Waals surface area (Å²) in [6.07, 6.45) is 4.04. The summed E-state index contributed by atoms with van der Waals surface area (Å²) >= 11 is 3.54. The van der Waals surface area contributed by atoms with Crippen molar-refractivity contribution >= 4 is 28.2 Å². The Morgan fingerprint density at radius 1 is 1.31 bits per heavy atom. The molecule has 0 aliphatic heterocycles. The lowest BCUT2D eigenvalue weighted by Crippen LogP contribution is -2.02. The van der Waals surface area contributed by atoms with E-state index in [0.717, 1.165) is 17.4 Å². The van der Waals surface area contributed by atoms with Gasteiger partial charge in [0.2, 0.25) is 0 Å². The van der Waals surface area contributed by atoms with Crippen LogP contribution in [0.5, 0.6) is 0 Å². The van der Waals surface area contributed by atoms with Crippen molar-refractivity contribution in [2.45, 2.75) is 0 Å². The maximum Gasteiger partial charge on any atom is 0.183 e. The first kappa shape index (κ1) is 11.5. The predicted molar refractivity (Wildman–Crippen MR) is 74.4 cm³/mol. The van der Waals surface area contributed by atoms with Gasteiger partial charge in [0.25, 0.3) is 0 Å². The Morgan fingerprint density at radius 2 is 2.12 bits per heavy atom. The Balaban J connectivity index is 2.02. The predicted octanol–water partition coefficient (Wildman–Crippen LogP) is 3.59. The Kier molecular flexibility index (Phi) is 4.25. The van der Waals surface area contributed by atoms with E-state index in [9.17, 15) is 0 Å². The van der Waals surface area contributed by atoms with Crippen LogP contribution in [0, 0.1) is 0 Å². The third-order valence-electron chi connectivity index (χ3n) is 2.15. The number of nitrogens with zero attached hydrogens (tertiary/aromatic N) is 1. The molecule has 0 unspecified atom stereocenters. The van der Waals surface area contributed by atoms with Gasteiger partial charge in [0.15, 0.2) is 5.13 Å². The number of rotatable bonds is 5. The van der Waals surface area contributed by atoms with Gasteiger partial charge >= 0.3 is 0 Å². The van der Waals surface area contributed by atoms with Gasteiger partial charge in [-0.1, -0.05) is 41.7 Å². The summed E-state index contributed by atoms with van der Waals surface area (Å²) in [6.45, 7) is 0.975. The minimum absolute atomic E-state index is 0.975. The second-order valence-corrected chi connectivity index (χ2v) is 5.33. The SMILES string of the molecule is CSCCNc1ncc(-c2ccccc2)s1. The molecule has 1 aromatic carbocycles. The zero-order valence-corrected chi connectivity index (χ0v) is 10.8. The molecule has 2 rings (SSSR count). The van der Waals surface area contributed by atoms with Crippen LogP contribution in [0.1, 0.15) is 0 Å². The highest BCUT2D eigenvalue weighted by atomic mass is 32.2. The molecule has 0 aliphatic rings. The molecule has 0 saturated carbocycles. The standard InChI is InChI=1S/C12H14N2S2/c1-15-8-7-13-12-14-9-11(16-12)10-5-3-2-4-6-10/h2-6,9H,7-8H2,1H3,(H,13,14). The number of hydrogen-bond donors (Lipinski definition) is 1. The van der Waals surface area contributed by atoms with E-state index in [-0.39, 0.29) is 0 Å². The zero-order valence-electron chi connectivity index (χ0n) is 9.14. The Morgan fingerprint density at radius 3 is 2.88 bits per heavy atom. The summed E-state index contributed by atoms with van der Waals surface area (Å²) in [5, 5.41) is 4.33. The number of anilines is 1. The normalized spacial score (nSPS) is 10.3. The van der Waals surface area contributed by atoms with E-state index in [2.05, 4.69) is 40.8 Å². The highest BCUT2D eigenvalue weighted by Gasteiger charge is 2.02. The molecule has 84 valence electrons. The lowest BCUT2D eigenvalue weighted by Gasteiger charge is -1.98. The molecule has 0 radical (unpaired) electrons. The van der Waals surface area contributed by atoms with Crippen molar-refractivity contribution < 1.29 is 0 Å². The number of aromatic nitrogens is 1. The van der Waals surface area contributed by atoms with Crippen molar-refractivity contribution in [3.05, 3.63) is 36.5 Å². The van der Waals surface area contributed by atoms with Gasteiger partial charge in [0.1, 0.15) is 0 Å². The number of hydrogen-bond acceptors (Lipinski definition) is 4. The molecule has 0 saturated heterocycles. The van der Waals surface area contributed by atoms with Gasteiger partial charge in [0, 0.05) is 18.5 Å². The third-order valence-corrected chi connectivity index (χ3v) is 3.76. The highest BCUT2D eigenvalue weighted by Crippen LogP contribution is 2.28. The monoisotopic (exact) mass is 250 g/mol. The molecule has 0 aliphatic carbocycles. The molecule has 1 N–H and O–H groups in total. The van der Waals surface area contributed by atoms with Crippen LogP contribution in [-0.2, 0) is 0 Å². The largest absolute Gasteiger partial charge is 0.361 e. The molecule has 0 spiro atoms. The van der Waals surface area contributed by atoms with Crippen LogP contribution in [-0.4, -0.2) is 23.5 Å². The highest BCUT2D eigenvalue weighted by molar-refractivity contribution is 7.98. The van der Waals surface area contributed by atoms with Crippen LogP contribution in [0.15, 0.2) is 36.5 Å². The minimum Gasteiger partial charge on any atom is -0.361 e. The van der Waals surface area contributed by atoms with Crippen LogP contribution < -0.4 is 5.32 Å². The van der Waals surface area contributed by atoms with Crippen molar-refractivity contribution in [1.29, 1.82) is 0 Å². The van der Waals surface area contributed by atoms with E-state index in [0.29, 0.717) is 0 Å². The molecular weight excluding hydrogens is 236 g/mol. The van der Waals surface area contributed by atoms with Gasteiger partial charge in [-0.15, -0.1) is 0 Å². The van der Waals surface area contributed by atoms with Crippen LogP contribution >= 0.6 is 23.1 Å². The Labute approximate surface area is 104 Å². The summed E-state index contributed by atoms with van der Waals surface area (Å²) in [7, 11) is 0. The van der Waals surface area contributed by atoms with Gasteiger partial charge in [-0.2, -0.15) is 11.8 Å². The molecular formula is C12H14N2S2. The fourth-order valence-corrected chi connectivity index (χ4v) is 2.51. The molecule has 0 fully saturated rings. The molecule has 4 heteroatoms. The van der Waals surface area contributed by atoms with E-state index in [1.165, 1.54) is 10.4 Å². The van der Waals surface area contributed by atoms with E-state index >= 15 is 0 Å². The van der Waals surface area contributed by atoms with Gasteiger partial charge in [-0.25, -0.2) is 4.98 Å². The summed E-state index contributed by atoms with van der Waals surface area (Å²) < 4.78 is 0. The van der Waals surface area contributed by atoms with Crippen LogP contribution in [0.25, 0.3) is 10.4 Å². The molecule has 1 aromatic heterocycles. The van der Waals surface area contributed by atoms with E-state index in [4.69, 9.17) is 0 Å². The molecule has 2 nitrogen and oxygen atoms in total. The summed E-state index contributed by atoms with van der Waals surface area (Å²) in [5.41, 5.74) is 1.23. The number of nitrogens with one attached hydrogen (secondary N) is 1. The summed E-state index contributed by atoms with van der Waals surface area (Å²) in [4.78, 5) is 5.58. The minimum atomic E-state index is 0.975. The summed E-state index contributed by atoms with van der Waals surface area (Å²) in [6, 6.07) is 10.4. The van der Waals surface area contributed by atoms with Crippen LogP contribution in [0.3, 0.4) is 0 Å². The average molecular weight is 250 g/mol. The number of thiazole rings is 1. The quantitative estimate of drug-likeness (QED) is 0.821. The fourth-order valence-electron chi connectivity index (χ4n) is 1.35. The van der Waals surface area contributed by atoms with Gasteiger partial charge in [-0.05, 0) is 11.8 Å². The Bertz CT molecular complexity index is 426. The van der Waals surface area contributed by atoms with Crippen LogP contribution in [0.4, 0.5) is 5.13 Å². The van der Waals surface area contributed by atoms with Crippen molar-refractivity contribution in [3.63, 3.8) is 0 Å². The Hall–Kier alpha value is -1.00. The number of thioether (sulfide) groups is 1. The van der Waals surface area contributed by atoms with Crippen molar-refractivity contribution in [2.24, 2.45) is 0 Å². The maximum absolute atomic E-state index is 4.36.